The van der Waals surface area contributed by atoms with Crippen LogP contribution in [-0.4, -0.2) is 55.2 Å². The van der Waals surface area contributed by atoms with E-state index in [1.807, 2.05) is 6.07 Å². The molecule has 5 rings (SSSR count). The molecule has 4 aromatic rings. The predicted molar refractivity (Wildman–Crippen MR) is 133 cm³/mol. The van der Waals surface area contributed by atoms with Crippen LogP contribution >= 0.6 is 23.7 Å². The summed E-state index contributed by atoms with van der Waals surface area (Å²) < 4.78 is 25.7. The lowest BCUT2D eigenvalue weighted by atomic mass is 10.1. The van der Waals surface area contributed by atoms with Crippen molar-refractivity contribution in [1.82, 2.24) is 9.88 Å². The zero-order valence-corrected chi connectivity index (χ0v) is 19.9. The van der Waals surface area contributed by atoms with E-state index in [4.69, 9.17) is 9.15 Å². The highest BCUT2D eigenvalue weighted by Crippen LogP contribution is 2.31. The maximum atomic E-state index is 14.3. The fraction of sp³-hybridized carbons (Fsp3) is 0.292. The van der Waals surface area contributed by atoms with Gasteiger partial charge in [-0.05, 0) is 30.7 Å². The highest BCUT2D eigenvalue weighted by molar-refractivity contribution is 7.22. The first kappa shape index (κ1) is 24.3. The Hall–Kier alpha value is -2.85. The SMILES string of the molecule is Cl.O=C(c1cc2ccccc2oc1=O)N(CCCN1CCOCC1)c1nc2c(F)cccc2s1. The van der Waals surface area contributed by atoms with Crippen molar-refractivity contribution in [2.45, 2.75) is 6.42 Å². The van der Waals surface area contributed by atoms with Gasteiger partial charge in [-0.2, -0.15) is 0 Å². The number of thiazole rings is 1. The molecule has 10 heteroatoms. The topological polar surface area (TPSA) is 75.9 Å². The summed E-state index contributed by atoms with van der Waals surface area (Å²) in [6.45, 7) is 4.18. The maximum Gasteiger partial charge on any atom is 0.349 e. The van der Waals surface area contributed by atoms with Gasteiger partial charge in [-0.25, -0.2) is 14.2 Å². The van der Waals surface area contributed by atoms with Crippen LogP contribution in [0, 0.1) is 5.82 Å². The number of carbonyl (C=O) groups excluding carboxylic acids is 1. The van der Waals surface area contributed by atoms with E-state index in [-0.39, 0.29) is 23.5 Å². The number of benzene rings is 2. The number of hydrogen-bond acceptors (Lipinski definition) is 7. The molecule has 0 saturated carbocycles. The van der Waals surface area contributed by atoms with Crippen LogP contribution in [0.1, 0.15) is 16.8 Å². The molecule has 2 aromatic heterocycles. The van der Waals surface area contributed by atoms with E-state index in [1.165, 1.54) is 22.3 Å². The minimum absolute atomic E-state index is 0. The van der Waals surface area contributed by atoms with Crippen molar-refractivity contribution in [3.05, 3.63) is 70.3 Å². The highest BCUT2D eigenvalue weighted by atomic mass is 35.5. The third-order valence-corrected chi connectivity index (χ3v) is 6.71. The number of rotatable bonds is 6. The van der Waals surface area contributed by atoms with E-state index in [0.29, 0.717) is 47.0 Å². The van der Waals surface area contributed by atoms with Crippen LogP contribution in [0.5, 0.6) is 0 Å². The Morgan fingerprint density at radius 3 is 2.74 bits per heavy atom. The molecule has 0 radical (unpaired) electrons. The summed E-state index contributed by atoms with van der Waals surface area (Å²) in [6, 6.07) is 13.3. The number of morpholine rings is 1. The van der Waals surface area contributed by atoms with Crippen LogP contribution in [0.25, 0.3) is 21.2 Å². The molecule has 2 aromatic carbocycles. The van der Waals surface area contributed by atoms with Gasteiger partial charge >= 0.3 is 5.63 Å². The van der Waals surface area contributed by atoms with Crippen LogP contribution in [0.15, 0.2) is 57.7 Å². The number of nitrogens with zero attached hydrogens (tertiary/aromatic N) is 3. The van der Waals surface area contributed by atoms with Gasteiger partial charge in [0.2, 0.25) is 0 Å². The van der Waals surface area contributed by atoms with Gasteiger partial charge in [0.05, 0.1) is 17.9 Å². The second-order valence-electron chi connectivity index (χ2n) is 7.83. The third-order valence-electron chi connectivity index (χ3n) is 5.67. The lowest BCUT2D eigenvalue weighted by Crippen LogP contribution is -2.40. The summed E-state index contributed by atoms with van der Waals surface area (Å²) in [7, 11) is 0. The molecule has 7 nitrogen and oxygen atoms in total. The fourth-order valence-electron chi connectivity index (χ4n) is 3.94. The molecule has 1 fully saturated rings. The van der Waals surface area contributed by atoms with Crippen LogP contribution in [0.3, 0.4) is 0 Å². The molecule has 1 aliphatic rings. The molecule has 0 spiro atoms. The predicted octanol–water partition coefficient (Wildman–Crippen LogP) is 4.33. The van der Waals surface area contributed by atoms with Crippen molar-refractivity contribution >= 4 is 56.0 Å². The van der Waals surface area contributed by atoms with Crippen LogP contribution in [0.4, 0.5) is 9.52 Å². The van der Waals surface area contributed by atoms with E-state index in [2.05, 4.69) is 9.88 Å². The zero-order chi connectivity index (χ0) is 22.8. The van der Waals surface area contributed by atoms with Crippen molar-refractivity contribution in [2.75, 3.05) is 44.3 Å². The Morgan fingerprint density at radius 1 is 1.15 bits per heavy atom. The number of anilines is 1. The van der Waals surface area contributed by atoms with Crippen LogP contribution in [0.2, 0.25) is 0 Å². The van der Waals surface area contributed by atoms with Crippen LogP contribution in [-0.2, 0) is 4.74 Å². The average molecular weight is 504 g/mol. The Balaban J connectivity index is 0.00000274. The third kappa shape index (κ3) is 4.97. The molecule has 1 amide bonds. The van der Waals surface area contributed by atoms with E-state index in [0.717, 1.165) is 19.6 Å². The van der Waals surface area contributed by atoms with Crippen molar-refractivity contribution in [3.63, 3.8) is 0 Å². The second-order valence-corrected chi connectivity index (χ2v) is 8.84. The minimum atomic E-state index is -0.704. The Morgan fingerprint density at radius 2 is 1.94 bits per heavy atom. The van der Waals surface area contributed by atoms with E-state index >= 15 is 0 Å². The lowest BCUT2D eigenvalue weighted by molar-refractivity contribution is 0.0376. The van der Waals surface area contributed by atoms with Gasteiger partial charge in [0.1, 0.15) is 22.5 Å². The van der Waals surface area contributed by atoms with E-state index in [1.54, 1.807) is 36.4 Å². The average Bonchev–Trinajstić information content (AvgIpc) is 3.27. The standard InChI is InChI=1S/C24H22FN3O4S.ClH/c25-18-6-3-8-20-21(18)26-24(33-20)28(10-4-9-27-11-13-31-14-12-27)22(29)17-15-16-5-1-2-7-19(16)32-23(17)30;/h1-3,5-8,15H,4,9-14H2;1H. The van der Waals surface area contributed by atoms with E-state index < -0.39 is 17.3 Å². The molecular formula is C24H23ClFN3O4S. The van der Waals surface area contributed by atoms with Gasteiger partial charge in [-0.1, -0.05) is 35.6 Å². The lowest BCUT2D eigenvalue weighted by Gasteiger charge is -2.27. The van der Waals surface area contributed by atoms with Gasteiger partial charge in [0.15, 0.2) is 5.13 Å². The van der Waals surface area contributed by atoms with Crippen molar-refractivity contribution in [1.29, 1.82) is 0 Å². The molecule has 1 saturated heterocycles. The number of carbonyl (C=O) groups is 1. The van der Waals surface area contributed by atoms with Gasteiger partial charge in [-0.15, -0.1) is 12.4 Å². The summed E-state index contributed by atoms with van der Waals surface area (Å²) in [4.78, 5) is 34.3. The smallest absolute Gasteiger partial charge is 0.349 e. The number of hydrogen-bond donors (Lipinski definition) is 0. The number of aromatic nitrogens is 1. The summed E-state index contributed by atoms with van der Waals surface area (Å²) in [5.74, 6) is -0.947. The molecule has 0 unspecified atom stereocenters. The number of halogens is 2. The molecule has 3 heterocycles. The van der Waals surface area contributed by atoms with Crippen molar-refractivity contribution < 1.29 is 18.3 Å². The normalized spacial score (nSPS) is 14.3. The summed E-state index contributed by atoms with van der Waals surface area (Å²) in [5, 5.41) is 1.01. The first-order valence-electron chi connectivity index (χ1n) is 10.8. The number of para-hydroxylation sites is 2. The summed E-state index contributed by atoms with van der Waals surface area (Å²) >= 11 is 1.23. The molecular weight excluding hydrogens is 481 g/mol. The molecule has 0 atom stereocenters. The molecule has 0 N–H and O–H groups in total. The molecule has 34 heavy (non-hydrogen) atoms. The Bertz CT molecular complexity index is 1370. The van der Waals surface area contributed by atoms with Gasteiger partial charge in [0.25, 0.3) is 5.91 Å². The van der Waals surface area contributed by atoms with Crippen LogP contribution < -0.4 is 10.5 Å². The van der Waals surface area contributed by atoms with Crippen molar-refractivity contribution in [3.8, 4) is 0 Å². The maximum absolute atomic E-state index is 14.3. The van der Waals surface area contributed by atoms with Gasteiger partial charge in [0, 0.05) is 31.6 Å². The molecule has 0 aliphatic carbocycles. The van der Waals surface area contributed by atoms with Gasteiger partial charge in [-0.3, -0.25) is 14.6 Å². The minimum Gasteiger partial charge on any atom is -0.422 e. The number of fused-ring (bicyclic) bond motifs is 2. The first-order chi connectivity index (χ1) is 16.1. The summed E-state index contributed by atoms with van der Waals surface area (Å²) in [5.41, 5.74) is -0.141. The second kappa shape index (κ2) is 10.6. The number of ether oxygens (including phenoxy) is 1. The number of amides is 1. The highest BCUT2D eigenvalue weighted by Gasteiger charge is 2.25. The van der Waals surface area contributed by atoms with E-state index in [9.17, 15) is 14.0 Å². The Kier molecular flexibility index (Phi) is 7.57. The molecule has 178 valence electrons. The monoisotopic (exact) mass is 503 g/mol. The quantitative estimate of drug-likeness (QED) is 0.364. The van der Waals surface area contributed by atoms with Gasteiger partial charge < -0.3 is 9.15 Å². The van der Waals surface area contributed by atoms with Crippen molar-refractivity contribution in [2.24, 2.45) is 0 Å². The zero-order valence-electron chi connectivity index (χ0n) is 18.2. The summed E-state index contributed by atoms with van der Waals surface area (Å²) in [6.07, 6.45) is 0.670. The largest absolute Gasteiger partial charge is 0.422 e. The molecule has 0 bridgehead atoms. The fourth-order valence-corrected chi connectivity index (χ4v) is 4.94. The first-order valence-corrected chi connectivity index (χ1v) is 11.6. The molecule has 1 aliphatic heterocycles. The Labute approximate surface area is 205 Å².